The molecule has 3 aromatic carbocycles. The van der Waals surface area contributed by atoms with Crippen LogP contribution in [0.2, 0.25) is 0 Å². The summed E-state index contributed by atoms with van der Waals surface area (Å²) in [6.45, 7) is 4.46. The number of benzene rings is 3. The van der Waals surface area contributed by atoms with Crippen molar-refractivity contribution >= 4 is 10.8 Å². The van der Waals surface area contributed by atoms with Gasteiger partial charge >= 0.3 is 6.11 Å². The molecule has 6 heteroatoms. The molecular weight excluding hydrogens is 405 g/mol. The fraction of sp³-hybridized carbons (Fsp3) is 0.200. The summed E-state index contributed by atoms with van der Waals surface area (Å²) in [7, 11) is 0. The first-order valence-corrected chi connectivity index (χ1v) is 9.81. The molecule has 0 spiro atoms. The number of hydrogen-bond donors (Lipinski definition) is 0. The van der Waals surface area contributed by atoms with Crippen LogP contribution in [0, 0.1) is 5.82 Å². The van der Waals surface area contributed by atoms with Crippen molar-refractivity contribution in [3.8, 4) is 17.2 Å². The van der Waals surface area contributed by atoms with Gasteiger partial charge in [-0.05, 0) is 73.2 Å². The lowest BCUT2D eigenvalue weighted by Crippen LogP contribution is -2.22. The Morgan fingerprint density at radius 1 is 0.774 bits per heavy atom. The molecule has 0 unspecified atom stereocenters. The van der Waals surface area contributed by atoms with Crippen molar-refractivity contribution in [3.05, 3.63) is 90.3 Å². The standard InChI is InChI=1S/C25H23F3O3/c1-3-5-13-29-21-11-8-20(9-12-21)25(27,28)31-24-17-18-7-10-22(30-14-6-4-2)15-19(18)16-23(24)26/h3-12,15-17H,13-14H2,1-2H3/b5-3+,6-4+. The van der Waals surface area contributed by atoms with E-state index >= 15 is 0 Å². The molecule has 3 nitrogen and oxygen atoms in total. The summed E-state index contributed by atoms with van der Waals surface area (Å²) < 4.78 is 59.5. The van der Waals surface area contributed by atoms with E-state index in [0.717, 1.165) is 6.07 Å². The highest BCUT2D eigenvalue weighted by molar-refractivity contribution is 5.85. The van der Waals surface area contributed by atoms with Crippen molar-refractivity contribution in [2.45, 2.75) is 20.0 Å². The molecule has 0 aliphatic heterocycles. The van der Waals surface area contributed by atoms with Crippen LogP contribution in [0.15, 0.2) is 78.9 Å². The number of hydrogen-bond acceptors (Lipinski definition) is 3. The van der Waals surface area contributed by atoms with Gasteiger partial charge in [-0.2, -0.15) is 8.78 Å². The maximum absolute atomic E-state index is 14.6. The van der Waals surface area contributed by atoms with Crippen molar-refractivity contribution in [1.29, 1.82) is 0 Å². The Hall–Kier alpha value is -3.41. The van der Waals surface area contributed by atoms with Gasteiger partial charge in [0.25, 0.3) is 0 Å². The van der Waals surface area contributed by atoms with E-state index < -0.39 is 23.2 Å². The minimum atomic E-state index is -3.72. The Kier molecular flexibility index (Phi) is 7.23. The molecular formula is C25H23F3O3. The molecule has 0 radical (unpaired) electrons. The number of rotatable bonds is 9. The van der Waals surface area contributed by atoms with Gasteiger partial charge in [-0.1, -0.05) is 30.4 Å². The first-order valence-electron chi connectivity index (χ1n) is 9.81. The normalized spacial score (nSPS) is 12.0. The fourth-order valence-corrected chi connectivity index (χ4v) is 2.82. The van der Waals surface area contributed by atoms with E-state index in [1.165, 1.54) is 30.3 Å². The topological polar surface area (TPSA) is 27.7 Å². The minimum absolute atomic E-state index is 0.340. The number of ether oxygens (including phenoxy) is 3. The quantitative estimate of drug-likeness (QED) is 0.343. The Morgan fingerprint density at radius 2 is 1.39 bits per heavy atom. The number of fused-ring (bicyclic) bond motifs is 1. The predicted molar refractivity (Wildman–Crippen MR) is 115 cm³/mol. The monoisotopic (exact) mass is 428 g/mol. The van der Waals surface area contributed by atoms with E-state index in [4.69, 9.17) is 14.2 Å². The van der Waals surface area contributed by atoms with Crippen molar-refractivity contribution < 1.29 is 27.4 Å². The van der Waals surface area contributed by atoms with Crippen LogP contribution in [0.1, 0.15) is 19.4 Å². The minimum Gasteiger partial charge on any atom is -0.490 e. The van der Waals surface area contributed by atoms with E-state index in [9.17, 15) is 13.2 Å². The Morgan fingerprint density at radius 3 is 2.03 bits per heavy atom. The van der Waals surface area contributed by atoms with Crippen LogP contribution in [0.5, 0.6) is 17.2 Å². The van der Waals surface area contributed by atoms with Gasteiger partial charge in [-0.15, -0.1) is 0 Å². The molecule has 0 aliphatic carbocycles. The molecule has 0 aliphatic rings. The molecule has 3 rings (SSSR count). The summed E-state index contributed by atoms with van der Waals surface area (Å²) in [5.74, 6) is -0.416. The lowest BCUT2D eigenvalue weighted by molar-refractivity contribution is -0.186. The summed E-state index contributed by atoms with van der Waals surface area (Å²) in [6.07, 6.45) is 3.60. The van der Waals surface area contributed by atoms with Crippen LogP contribution >= 0.6 is 0 Å². The SMILES string of the molecule is C/C=C/COc1ccc(C(F)(F)Oc2cc3ccc(OC/C=C/C)cc3cc2F)cc1. The van der Waals surface area contributed by atoms with E-state index in [0.29, 0.717) is 35.5 Å². The van der Waals surface area contributed by atoms with Gasteiger partial charge in [0, 0.05) is 0 Å². The molecule has 0 amide bonds. The number of alkyl halides is 2. The third kappa shape index (κ3) is 5.81. The Labute approximate surface area is 179 Å². The zero-order valence-corrected chi connectivity index (χ0v) is 17.3. The lowest BCUT2D eigenvalue weighted by atomic mass is 10.1. The molecule has 0 fully saturated rings. The molecule has 31 heavy (non-hydrogen) atoms. The fourth-order valence-electron chi connectivity index (χ4n) is 2.82. The van der Waals surface area contributed by atoms with Gasteiger partial charge in [0.2, 0.25) is 0 Å². The largest absolute Gasteiger partial charge is 0.490 e. The zero-order chi connectivity index (χ0) is 22.3. The van der Waals surface area contributed by atoms with Crippen LogP contribution in [-0.4, -0.2) is 13.2 Å². The molecule has 162 valence electrons. The molecule has 3 aromatic rings. The average molecular weight is 428 g/mol. The van der Waals surface area contributed by atoms with Gasteiger partial charge < -0.3 is 14.2 Å². The summed E-state index contributed by atoms with van der Waals surface area (Å²) in [5.41, 5.74) is -0.405. The smallest absolute Gasteiger partial charge is 0.426 e. The molecule has 0 heterocycles. The Bertz CT molecular complexity index is 1070. The first kappa shape index (κ1) is 22.3. The second-order valence-corrected chi connectivity index (χ2v) is 6.69. The predicted octanol–water partition coefficient (Wildman–Crippen LogP) is 7.02. The molecule has 0 N–H and O–H groups in total. The lowest BCUT2D eigenvalue weighted by Gasteiger charge is -2.19. The Balaban J connectivity index is 1.77. The van der Waals surface area contributed by atoms with Gasteiger partial charge in [-0.3, -0.25) is 0 Å². The van der Waals surface area contributed by atoms with Crippen LogP contribution in [0.25, 0.3) is 10.8 Å². The van der Waals surface area contributed by atoms with E-state index in [1.807, 2.05) is 32.1 Å². The van der Waals surface area contributed by atoms with Crippen LogP contribution < -0.4 is 14.2 Å². The number of halogens is 3. The van der Waals surface area contributed by atoms with Crippen LogP contribution in [0.4, 0.5) is 13.2 Å². The third-order valence-corrected chi connectivity index (χ3v) is 4.45. The van der Waals surface area contributed by atoms with Crippen molar-refractivity contribution in [2.24, 2.45) is 0 Å². The van der Waals surface area contributed by atoms with Crippen LogP contribution in [0.3, 0.4) is 0 Å². The maximum Gasteiger partial charge on any atom is 0.426 e. The second kappa shape index (κ2) is 10.1. The highest BCUT2D eigenvalue weighted by atomic mass is 19.3. The molecule has 0 saturated carbocycles. The number of allylic oxidation sites excluding steroid dienone is 2. The first-order chi connectivity index (χ1) is 14.9. The average Bonchev–Trinajstić information content (AvgIpc) is 2.75. The van der Waals surface area contributed by atoms with E-state index in [-0.39, 0.29) is 0 Å². The van der Waals surface area contributed by atoms with Crippen LogP contribution in [-0.2, 0) is 6.11 Å². The summed E-state index contributed by atoms with van der Waals surface area (Å²) in [6, 6.07) is 12.6. The molecule has 0 bridgehead atoms. The van der Waals surface area contributed by atoms with Gasteiger partial charge in [0.1, 0.15) is 24.7 Å². The summed E-state index contributed by atoms with van der Waals surface area (Å²) in [5, 5.41) is 1.08. The van der Waals surface area contributed by atoms with Crippen molar-refractivity contribution in [3.63, 3.8) is 0 Å². The summed E-state index contributed by atoms with van der Waals surface area (Å²) >= 11 is 0. The highest BCUT2D eigenvalue weighted by Gasteiger charge is 2.35. The second-order valence-electron chi connectivity index (χ2n) is 6.69. The van der Waals surface area contributed by atoms with E-state index in [2.05, 4.69) is 0 Å². The molecule has 0 saturated heterocycles. The molecule has 0 atom stereocenters. The van der Waals surface area contributed by atoms with Crippen molar-refractivity contribution in [1.82, 2.24) is 0 Å². The third-order valence-electron chi connectivity index (χ3n) is 4.45. The maximum atomic E-state index is 14.6. The van der Waals surface area contributed by atoms with Gasteiger partial charge in [0.05, 0.1) is 5.56 Å². The van der Waals surface area contributed by atoms with Gasteiger partial charge in [0.15, 0.2) is 11.6 Å². The molecule has 0 aromatic heterocycles. The summed E-state index contributed by atoms with van der Waals surface area (Å²) in [4.78, 5) is 0. The van der Waals surface area contributed by atoms with E-state index in [1.54, 1.807) is 24.3 Å². The van der Waals surface area contributed by atoms with Crippen molar-refractivity contribution in [2.75, 3.05) is 13.2 Å². The van der Waals surface area contributed by atoms with Gasteiger partial charge in [-0.25, -0.2) is 4.39 Å². The zero-order valence-electron chi connectivity index (χ0n) is 17.3. The highest BCUT2D eigenvalue weighted by Crippen LogP contribution is 2.36.